The van der Waals surface area contributed by atoms with Crippen molar-refractivity contribution < 1.29 is 9.59 Å². The van der Waals surface area contributed by atoms with Gasteiger partial charge >= 0.3 is 0 Å². The fourth-order valence-corrected chi connectivity index (χ4v) is 1.66. The van der Waals surface area contributed by atoms with Crippen LogP contribution in [0.3, 0.4) is 0 Å². The molecular weight excluding hydrogens is 254 g/mol. The van der Waals surface area contributed by atoms with E-state index in [1.807, 2.05) is 20.8 Å². The summed E-state index contributed by atoms with van der Waals surface area (Å²) < 4.78 is 0. The number of benzene rings is 1. The Morgan fingerprint density at radius 2 is 1.75 bits per heavy atom. The van der Waals surface area contributed by atoms with Gasteiger partial charge in [0.25, 0.3) is 0 Å². The van der Waals surface area contributed by atoms with Gasteiger partial charge in [0.05, 0.1) is 6.04 Å². The molecule has 4 N–H and O–H groups in total. The Balaban J connectivity index is 2.89. The van der Waals surface area contributed by atoms with Crippen LogP contribution in [0.2, 0.25) is 0 Å². The van der Waals surface area contributed by atoms with E-state index in [0.29, 0.717) is 17.8 Å². The summed E-state index contributed by atoms with van der Waals surface area (Å²) in [5, 5.41) is 5.61. The number of amides is 2. The van der Waals surface area contributed by atoms with Crippen molar-refractivity contribution in [2.24, 2.45) is 11.7 Å². The summed E-state index contributed by atoms with van der Waals surface area (Å²) in [4.78, 5) is 23.4. The van der Waals surface area contributed by atoms with Crippen molar-refractivity contribution >= 4 is 23.2 Å². The number of hydrogen-bond acceptors (Lipinski definition) is 3. The maximum absolute atomic E-state index is 12.0. The normalized spacial score (nSPS) is 12.1. The van der Waals surface area contributed by atoms with E-state index in [-0.39, 0.29) is 17.7 Å². The average molecular weight is 277 g/mol. The molecule has 0 aliphatic carbocycles. The number of carbonyl (C=O) groups is 2. The van der Waals surface area contributed by atoms with Gasteiger partial charge in [-0.3, -0.25) is 9.59 Å². The molecule has 0 bridgehead atoms. The molecule has 0 aromatic heterocycles. The molecule has 1 aromatic carbocycles. The molecule has 2 amide bonds. The monoisotopic (exact) mass is 277 g/mol. The SMILES string of the molecule is CCC(=O)Nc1cccc(NC(=O)C(N)C(C)C)c1C. The lowest BCUT2D eigenvalue weighted by Crippen LogP contribution is -2.39. The number of nitrogens with one attached hydrogen (secondary N) is 2. The molecule has 0 aliphatic rings. The van der Waals surface area contributed by atoms with E-state index >= 15 is 0 Å². The van der Waals surface area contributed by atoms with Crippen molar-refractivity contribution in [1.82, 2.24) is 0 Å². The van der Waals surface area contributed by atoms with Crippen LogP contribution < -0.4 is 16.4 Å². The van der Waals surface area contributed by atoms with Crippen molar-refractivity contribution in [3.63, 3.8) is 0 Å². The number of rotatable bonds is 5. The summed E-state index contributed by atoms with van der Waals surface area (Å²) in [7, 11) is 0. The highest BCUT2D eigenvalue weighted by Crippen LogP contribution is 2.23. The number of nitrogens with two attached hydrogens (primary N) is 1. The van der Waals surface area contributed by atoms with E-state index in [1.165, 1.54) is 0 Å². The van der Waals surface area contributed by atoms with E-state index in [4.69, 9.17) is 5.73 Å². The van der Waals surface area contributed by atoms with Gasteiger partial charge in [-0.1, -0.05) is 26.8 Å². The minimum Gasteiger partial charge on any atom is -0.326 e. The molecule has 1 atom stereocenters. The first-order chi connectivity index (χ1) is 9.36. The van der Waals surface area contributed by atoms with Crippen LogP contribution in [-0.4, -0.2) is 17.9 Å². The molecule has 0 heterocycles. The van der Waals surface area contributed by atoms with Gasteiger partial charge in [-0.2, -0.15) is 0 Å². The van der Waals surface area contributed by atoms with Crippen molar-refractivity contribution in [3.8, 4) is 0 Å². The summed E-state index contributed by atoms with van der Waals surface area (Å²) in [6.07, 6.45) is 0.411. The zero-order valence-electron chi connectivity index (χ0n) is 12.5. The molecule has 0 radical (unpaired) electrons. The van der Waals surface area contributed by atoms with Crippen LogP contribution in [-0.2, 0) is 9.59 Å². The van der Waals surface area contributed by atoms with Crippen LogP contribution in [0.15, 0.2) is 18.2 Å². The Morgan fingerprint density at radius 1 is 1.20 bits per heavy atom. The van der Waals surface area contributed by atoms with Crippen molar-refractivity contribution in [3.05, 3.63) is 23.8 Å². The fraction of sp³-hybridized carbons (Fsp3) is 0.467. The zero-order valence-corrected chi connectivity index (χ0v) is 12.5. The molecule has 0 saturated heterocycles. The number of anilines is 2. The van der Waals surface area contributed by atoms with Crippen molar-refractivity contribution in [2.45, 2.75) is 40.2 Å². The smallest absolute Gasteiger partial charge is 0.241 e. The summed E-state index contributed by atoms with van der Waals surface area (Å²) in [6, 6.07) is 4.83. The van der Waals surface area contributed by atoms with Crippen LogP contribution in [0.4, 0.5) is 11.4 Å². The van der Waals surface area contributed by atoms with E-state index in [9.17, 15) is 9.59 Å². The highest BCUT2D eigenvalue weighted by atomic mass is 16.2. The number of carbonyl (C=O) groups excluding carboxylic acids is 2. The molecule has 110 valence electrons. The minimum absolute atomic E-state index is 0.0598. The fourth-order valence-electron chi connectivity index (χ4n) is 1.66. The molecule has 5 nitrogen and oxygen atoms in total. The molecule has 0 saturated carbocycles. The Labute approximate surface area is 119 Å². The molecule has 0 fully saturated rings. The van der Waals surface area contributed by atoms with Gasteiger partial charge in [-0.25, -0.2) is 0 Å². The Kier molecular flexibility index (Phi) is 5.70. The third-order valence-corrected chi connectivity index (χ3v) is 3.21. The Hall–Kier alpha value is -1.88. The first-order valence-electron chi connectivity index (χ1n) is 6.82. The third-order valence-electron chi connectivity index (χ3n) is 3.21. The average Bonchev–Trinajstić information content (AvgIpc) is 2.41. The van der Waals surface area contributed by atoms with Gasteiger partial charge in [0.15, 0.2) is 0 Å². The van der Waals surface area contributed by atoms with Crippen LogP contribution in [0.1, 0.15) is 32.8 Å². The second-order valence-corrected chi connectivity index (χ2v) is 5.14. The number of hydrogen-bond donors (Lipinski definition) is 3. The highest BCUT2D eigenvalue weighted by Gasteiger charge is 2.18. The quantitative estimate of drug-likeness (QED) is 0.772. The van der Waals surface area contributed by atoms with E-state index in [2.05, 4.69) is 10.6 Å². The molecule has 1 rings (SSSR count). The predicted molar refractivity (Wildman–Crippen MR) is 81.5 cm³/mol. The summed E-state index contributed by atoms with van der Waals surface area (Å²) >= 11 is 0. The van der Waals surface area contributed by atoms with Gasteiger partial charge in [-0.05, 0) is 30.5 Å². The summed E-state index contributed by atoms with van der Waals surface area (Å²) in [5.74, 6) is -0.212. The Morgan fingerprint density at radius 3 is 2.25 bits per heavy atom. The van der Waals surface area contributed by atoms with Crippen molar-refractivity contribution in [2.75, 3.05) is 10.6 Å². The van der Waals surface area contributed by atoms with Gasteiger partial charge in [0.1, 0.15) is 0 Å². The highest BCUT2D eigenvalue weighted by molar-refractivity contribution is 5.97. The van der Waals surface area contributed by atoms with Gasteiger partial charge in [0.2, 0.25) is 11.8 Å². The van der Waals surface area contributed by atoms with Crippen molar-refractivity contribution in [1.29, 1.82) is 0 Å². The maximum Gasteiger partial charge on any atom is 0.241 e. The second kappa shape index (κ2) is 7.05. The molecule has 20 heavy (non-hydrogen) atoms. The maximum atomic E-state index is 12.0. The van der Waals surface area contributed by atoms with Crippen LogP contribution >= 0.6 is 0 Å². The Bertz CT molecular complexity index is 498. The first-order valence-corrected chi connectivity index (χ1v) is 6.82. The van der Waals surface area contributed by atoms with E-state index in [0.717, 1.165) is 5.56 Å². The van der Waals surface area contributed by atoms with Crippen LogP contribution in [0, 0.1) is 12.8 Å². The lowest BCUT2D eigenvalue weighted by atomic mass is 10.0. The van der Waals surface area contributed by atoms with Gasteiger partial charge in [0, 0.05) is 17.8 Å². The molecule has 0 spiro atoms. The largest absolute Gasteiger partial charge is 0.326 e. The summed E-state index contributed by atoms with van der Waals surface area (Å²) in [5.41, 5.74) is 8.00. The standard InChI is InChI=1S/C15H23N3O2/c1-5-13(19)17-11-7-6-8-12(10(11)4)18-15(20)14(16)9(2)3/h6-9,14H,5,16H2,1-4H3,(H,17,19)(H,18,20). The van der Waals surface area contributed by atoms with E-state index < -0.39 is 6.04 Å². The molecule has 1 aromatic rings. The van der Waals surface area contributed by atoms with Crippen LogP contribution in [0.5, 0.6) is 0 Å². The third kappa shape index (κ3) is 4.06. The topological polar surface area (TPSA) is 84.2 Å². The minimum atomic E-state index is -0.553. The van der Waals surface area contributed by atoms with E-state index in [1.54, 1.807) is 25.1 Å². The van der Waals surface area contributed by atoms with Gasteiger partial charge < -0.3 is 16.4 Å². The zero-order chi connectivity index (χ0) is 15.3. The molecule has 1 unspecified atom stereocenters. The second-order valence-electron chi connectivity index (χ2n) is 5.14. The lowest BCUT2D eigenvalue weighted by molar-refractivity contribution is -0.118. The summed E-state index contributed by atoms with van der Waals surface area (Å²) in [6.45, 7) is 7.43. The van der Waals surface area contributed by atoms with Crippen LogP contribution in [0.25, 0.3) is 0 Å². The molecule has 5 heteroatoms. The first kappa shape index (κ1) is 16.2. The predicted octanol–water partition coefficient (Wildman–Crippen LogP) is 2.27. The van der Waals surface area contributed by atoms with Gasteiger partial charge in [-0.15, -0.1) is 0 Å². The molecule has 0 aliphatic heterocycles. The molecular formula is C15H23N3O2. The lowest BCUT2D eigenvalue weighted by Gasteiger charge is -2.18.